The molecule has 0 radical (unpaired) electrons. The smallest absolute Gasteiger partial charge is 0.162 e. The van der Waals surface area contributed by atoms with Gasteiger partial charge in [0.05, 0.1) is 0 Å². The lowest BCUT2D eigenvalue weighted by Crippen LogP contribution is -2.30. The third-order valence-corrected chi connectivity index (χ3v) is 2.92. The molecule has 4 nitrogen and oxygen atoms in total. The van der Waals surface area contributed by atoms with E-state index in [1.54, 1.807) is 0 Å². The Bertz CT molecular complexity index is 213. The average Bonchev–Trinajstić information content (AvgIpc) is 2.66. The highest BCUT2D eigenvalue weighted by Crippen LogP contribution is 2.33. The summed E-state index contributed by atoms with van der Waals surface area (Å²) in [6.45, 7) is 0.225. The van der Waals surface area contributed by atoms with Crippen molar-refractivity contribution in [3.63, 3.8) is 0 Å². The lowest BCUT2D eigenvalue weighted by Gasteiger charge is -2.16. The van der Waals surface area contributed by atoms with Crippen LogP contribution in [0.4, 0.5) is 0 Å². The van der Waals surface area contributed by atoms with Crippen LogP contribution in [0.25, 0.3) is 0 Å². The molecule has 2 atom stereocenters. The van der Waals surface area contributed by atoms with E-state index >= 15 is 0 Å². The highest BCUT2D eigenvalue weighted by Gasteiger charge is 2.36. The Kier molecular flexibility index (Phi) is 4.91. The topological polar surface area (TPSA) is 52.6 Å². The van der Waals surface area contributed by atoms with Crippen LogP contribution in [0.3, 0.4) is 0 Å². The lowest BCUT2D eigenvalue weighted by atomic mass is 9.89. The normalized spacial score (nSPS) is 25.5. The van der Waals surface area contributed by atoms with Gasteiger partial charge in [0.25, 0.3) is 0 Å². The summed E-state index contributed by atoms with van der Waals surface area (Å²) in [5.74, 6) is -0.200. The van der Waals surface area contributed by atoms with Gasteiger partial charge in [0, 0.05) is 26.1 Å². The molecule has 4 heteroatoms. The van der Waals surface area contributed by atoms with Crippen LogP contribution in [-0.2, 0) is 19.1 Å². The summed E-state index contributed by atoms with van der Waals surface area (Å²) >= 11 is 0. The maximum atomic E-state index is 11.6. The molecule has 0 heterocycles. The van der Waals surface area contributed by atoms with E-state index in [1.165, 1.54) is 14.2 Å². The Morgan fingerprint density at radius 3 is 1.73 bits per heavy atom. The summed E-state index contributed by atoms with van der Waals surface area (Å²) in [6, 6.07) is 0. The van der Waals surface area contributed by atoms with Gasteiger partial charge in [-0.2, -0.15) is 0 Å². The molecule has 1 fully saturated rings. The summed E-state index contributed by atoms with van der Waals surface area (Å²) in [5, 5.41) is 0. The molecular formula is C11H18O4. The van der Waals surface area contributed by atoms with Crippen LogP contribution in [-0.4, -0.2) is 39.0 Å². The number of methoxy groups -OCH3 is 2. The largest absolute Gasteiger partial charge is 0.377 e. The predicted octanol–water partition coefficient (Wildman–Crippen LogP) is 0.834. The number of rotatable bonds is 6. The number of hydrogen-bond donors (Lipinski definition) is 0. The second kappa shape index (κ2) is 5.98. The zero-order valence-electron chi connectivity index (χ0n) is 9.32. The molecule has 0 bridgehead atoms. The second-order valence-corrected chi connectivity index (χ2v) is 3.94. The van der Waals surface area contributed by atoms with E-state index in [4.69, 9.17) is 9.47 Å². The van der Waals surface area contributed by atoms with Crippen molar-refractivity contribution in [1.82, 2.24) is 0 Å². The molecule has 1 aliphatic carbocycles. The van der Waals surface area contributed by atoms with Gasteiger partial charge in [-0.15, -0.1) is 0 Å². The lowest BCUT2D eigenvalue weighted by molar-refractivity contribution is -0.135. The molecule has 0 N–H and O–H groups in total. The summed E-state index contributed by atoms with van der Waals surface area (Å²) in [6.07, 6.45) is 2.56. The van der Waals surface area contributed by atoms with Crippen molar-refractivity contribution >= 4 is 11.6 Å². The van der Waals surface area contributed by atoms with E-state index in [1.807, 2.05) is 0 Å². The highest BCUT2D eigenvalue weighted by molar-refractivity contribution is 5.91. The molecule has 0 aromatic rings. The third-order valence-electron chi connectivity index (χ3n) is 2.92. The molecule has 1 saturated carbocycles. The Morgan fingerprint density at radius 1 is 1.00 bits per heavy atom. The van der Waals surface area contributed by atoms with Crippen molar-refractivity contribution in [1.29, 1.82) is 0 Å². The van der Waals surface area contributed by atoms with Crippen molar-refractivity contribution in [2.45, 2.75) is 19.3 Å². The minimum Gasteiger partial charge on any atom is -0.377 e. The van der Waals surface area contributed by atoms with E-state index in [0.717, 1.165) is 19.3 Å². The van der Waals surface area contributed by atoms with E-state index in [-0.39, 0.29) is 36.6 Å². The van der Waals surface area contributed by atoms with Crippen molar-refractivity contribution in [3.05, 3.63) is 0 Å². The molecule has 0 aromatic heterocycles. The van der Waals surface area contributed by atoms with Crippen molar-refractivity contribution < 1.29 is 19.1 Å². The maximum absolute atomic E-state index is 11.6. The third kappa shape index (κ3) is 3.11. The number of carbonyl (C=O) groups excluding carboxylic acids is 2. The van der Waals surface area contributed by atoms with Gasteiger partial charge in [-0.05, 0) is 12.8 Å². The number of ketones is 2. The average molecular weight is 214 g/mol. The van der Waals surface area contributed by atoms with E-state index in [2.05, 4.69) is 0 Å². The van der Waals surface area contributed by atoms with Gasteiger partial charge in [0.1, 0.15) is 13.2 Å². The SMILES string of the molecule is COCC(=O)C1CCCC1C(=O)COC. The molecule has 2 unspecified atom stereocenters. The summed E-state index contributed by atoms with van der Waals surface area (Å²) in [5.41, 5.74) is 0. The first-order valence-corrected chi connectivity index (χ1v) is 5.24. The Balaban J connectivity index is 2.56. The van der Waals surface area contributed by atoms with E-state index in [0.29, 0.717) is 0 Å². The Labute approximate surface area is 89.9 Å². The zero-order chi connectivity index (χ0) is 11.3. The number of carbonyl (C=O) groups is 2. The molecule has 1 aliphatic rings. The molecule has 0 saturated heterocycles. The monoisotopic (exact) mass is 214 g/mol. The summed E-state index contributed by atoms with van der Waals surface area (Å²) in [4.78, 5) is 23.3. The van der Waals surface area contributed by atoms with Gasteiger partial charge in [-0.1, -0.05) is 6.42 Å². The quantitative estimate of drug-likeness (QED) is 0.657. The standard InChI is InChI=1S/C11H18O4/c1-14-6-10(12)8-4-3-5-9(8)11(13)7-15-2/h8-9H,3-7H2,1-2H3. The van der Waals surface area contributed by atoms with Crippen molar-refractivity contribution in [3.8, 4) is 0 Å². The van der Waals surface area contributed by atoms with Gasteiger partial charge in [-0.25, -0.2) is 0 Å². The van der Waals surface area contributed by atoms with Gasteiger partial charge >= 0.3 is 0 Å². The Hall–Kier alpha value is -0.740. The van der Waals surface area contributed by atoms with Crippen LogP contribution < -0.4 is 0 Å². The van der Waals surface area contributed by atoms with Crippen LogP contribution in [0.5, 0.6) is 0 Å². The van der Waals surface area contributed by atoms with Crippen LogP contribution in [0.2, 0.25) is 0 Å². The van der Waals surface area contributed by atoms with E-state index < -0.39 is 0 Å². The number of hydrogen-bond acceptors (Lipinski definition) is 4. The van der Waals surface area contributed by atoms with Crippen LogP contribution >= 0.6 is 0 Å². The van der Waals surface area contributed by atoms with Gasteiger partial charge < -0.3 is 9.47 Å². The first-order valence-electron chi connectivity index (χ1n) is 5.24. The summed E-state index contributed by atoms with van der Waals surface area (Å²) < 4.78 is 9.62. The minimum absolute atomic E-state index is 0.0458. The molecule has 15 heavy (non-hydrogen) atoms. The van der Waals surface area contributed by atoms with Crippen LogP contribution in [0.15, 0.2) is 0 Å². The fourth-order valence-electron chi connectivity index (χ4n) is 2.23. The molecule has 0 aromatic carbocycles. The summed E-state index contributed by atoms with van der Waals surface area (Å²) in [7, 11) is 3.00. The first kappa shape index (κ1) is 12.3. The zero-order valence-corrected chi connectivity index (χ0v) is 9.32. The predicted molar refractivity (Wildman–Crippen MR) is 54.6 cm³/mol. The Morgan fingerprint density at radius 2 is 1.40 bits per heavy atom. The fourth-order valence-corrected chi connectivity index (χ4v) is 2.23. The molecule has 0 spiro atoms. The fraction of sp³-hybridized carbons (Fsp3) is 0.818. The molecule has 0 amide bonds. The first-order chi connectivity index (χ1) is 7.20. The van der Waals surface area contributed by atoms with Gasteiger partial charge in [0.2, 0.25) is 0 Å². The van der Waals surface area contributed by atoms with E-state index in [9.17, 15) is 9.59 Å². The number of ether oxygens (including phenoxy) is 2. The van der Waals surface area contributed by atoms with Crippen LogP contribution in [0, 0.1) is 11.8 Å². The maximum Gasteiger partial charge on any atom is 0.162 e. The molecular weight excluding hydrogens is 196 g/mol. The minimum atomic E-state index is -0.146. The van der Waals surface area contributed by atoms with Crippen LogP contribution in [0.1, 0.15) is 19.3 Å². The molecule has 1 rings (SSSR count). The van der Waals surface area contributed by atoms with Crippen molar-refractivity contribution in [2.24, 2.45) is 11.8 Å². The molecule has 0 aliphatic heterocycles. The molecule has 86 valence electrons. The van der Waals surface area contributed by atoms with Gasteiger partial charge in [-0.3, -0.25) is 9.59 Å². The highest BCUT2D eigenvalue weighted by atomic mass is 16.5. The second-order valence-electron chi connectivity index (χ2n) is 3.94. The number of Topliss-reactive ketones (excluding diaryl/α,β-unsaturated/α-hetero) is 2. The van der Waals surface area contributed by atoms with Gasteiger partial charge in [0.15, 0.2) is 11.6 Å². The van der Waals surface area contributed by atoms with Crippen molar-refractivity contribution in [2.75, 3.05) is 27.4 Å².